The van der Waals surface area contributed by atoms with Crippen molar-refractivity contribution < 1.29 is 5.11 Å². The maximum absolute atomic E-state index is 10.8. The molecule has 0 saturated heterocycles. The summed E-state index contributed by atoms with van der Waals surface area (Å²) >= 11 is 0. The minimum Gasteiger partial charge on any atom is -0.389 e. The highest BCUT2D eigenvalue weighted by atomic mass is 16.3. The summed E-state index contributed by atoms with van der Waals surface area (Å²) in [5.74, 6) is 1.14. The summed E-state index contributed by atoms with van der Waals surface area (Å²) in [5, 5.41) is 10.8. The van der Waals surface area contributed by atoms with Crippen LogP contribution in [-0.4, -0.2) is 17.3 Å². The first-order chi connectivity index (χ1) is 7.89. The molecule has 1 aliphatic carbocycles. The first-order valence-corrected chi connectivity index (χ1v) is 7.32. The van der Waals surface area contributed by atoms with Gasteiger partial charge in [0.25, 0.3) is 0 Å². The summed E-state index contributed by atoms with van der Waals surface area (Å²) < 4.78 is 0. The summed E-state index contributed by atoms with van der Waals surface area (Å²) in [4.78, 5) is 0. The van der Waals surface area contributed by atoms with E-state index < -0.39 is 5.60 Å². The zero-order valence-electron chi connectivity index (χ0n) is 12.1. The van der Waals surface area contributed by atoms with Gasteiger partial charge in [-0.15, -0.1) is 0 Å². The van der Waals surface area contributed by atoms with Crippen molar-refractivity contribution >= 4 is 0 Å². The molecule has 1 unspecified atom stereocenters. The Labute approximate surface area is 107 Å². The van der Waals surface area contributed by atoms with E-state index in [1.54, 1.807) is 0 Å². The molecule has 0 radical (unpaired) electrons. The van der Waals surface area contributed by atoms with Crippen LogP contribution in [-0.2, 0) is 0 Å². The number of nitrogens with two attached hydrogens (primary N) is 1. The van der Waals surface area contributed by atoms with E-state index in [9.17, 15) is 5.11 Å². The molecule has 0 spiro atoms. The molecule has 0 aromatic carbocycles. The highest BCUT2D eigenvalue weighted by molar-refractivity contribution is 5.01. The van der Waals surface area contributed by atoms with Crippen molar-refractivity contribution in [3.05, 3.63) is 0 Å². The second-order valence-corrected chi connectivity index (χ2v) is 6.52. The van der Waals surface area contributed by atoms with Crippen LogP contribution in [0.4, 0.5) is 0 Å². The molecule has 102 valence electrons. The van der Waals surface area contributed by atoms with Crippen LogP contribution in [0, 0.1) is 17.3 Å². The van der Waals surface area contributed by atoms with Crippen molar-refractivity contribution in [2.24, 2.45) is 23.0 Å². The second kappa shape index (κ2) is 5.71. The maximum Gasteiger partial charge on any atom is 0.0710 e. The van der Waals surface area contributed by atoms with Crippen molar-refractivity contribution in [2.75, 3.05) is 6.54 Å². The lowest BCUT2D eigenvalue weighted by Crippen LogP contribution is -2.55. The Morgan fingerprint density at radius 3 is 2.24 bits per heavy atom. The van der Waals surface area contributed by atoms with Crippen molar-refractivity contribution in [2.45, 2.75) is 71.8 Å². The molecule has 1 fully saturated rings. The van der Waals surface area contributed by atoms with Gasteiger partial charge >= 0.3 is 0 Å². The fourth-order valence-electron chi connectivity index (χ4n) is 3.46. The van der Waals surface area contributed by atoms with Crippen LogP contribution >= 0.6 is 0 Å². The molecule has 0 amide bonds. The van der Waals surface area contributed by atoms with Crippen molar-refractivity contribution in [3.8, 4) is 0 Å². The summed E-state index contributed by atoms with van der Waals surface area (Å²) in [6.07, 6.45) is 7.30. The van der Waals surface area contributed by atoms with E-state index in [1.165, 1.54) is 25.7 Å². The molecule has 17 heavy (non-hydrogen) atoms. The first kappa shape index (κ1) is 15.0. The van der Waals surface area contributed by atoms with Gasteiger partial charge in [0.05, 0.1) is 5.60 Å². The average Bonchev–Trinajstić information content (AvgIpc) is 2.30. The predicted molar refractivity (Wildman–Crippen MR) is 73.8 cm³/mol. The Kier molecular flexibility index (Phi) is 5.03. The summed E-state index contributed by atoms with van der Waals surface area (Å²) in [5.41, 5.74) is 5.35. The second-order valence-electron chi connectivity index (χ2n) is 6.52. The van der Waals surface area contributed by atoms with Gasteiger partial charge in [-0.2, -0.15) is 0 Å². The van der Waals surface area contributed by atoms with Crippen LogP contribution < -0.4 is 5.73 Å². The Morgan fingerprint density at radius 1 is 1.35 bits per heavy atom. The van der Waals surface area contributed by atoms with Gasteiger partial charge in [-0.3, -0.25) is 0 Å². The van der Waals surface area contributed by atoms with Gasteiger partial charge in [-0.05, 0) is 44.4 Å². The van der Waals surface area contributed by atoms with Gasteiger partial charge in [0.2, 0.25) is 0 Å². The van der Waals surface area contributed by atoms with Crippen LogP contribution in [0.5, 0.6) is 0 Å². The topological polar surface area (TPSA) is 46.2 Å². The first-order valence-electron chi connectivity index (χ1n) is 7.32. The summed E-state index contributed by atoms with van der Waals surface area (Å²) in [7, 11) is 0. The van der Waals surface area contributed by atoms with Gasteiger partial charge in [0, 0.05) is 12.0 Å². The molecular formula is C15H31NO. The van der Waals surface area contributed by atoms with E-state index in [0.29, 0.717) is 6.54 Å². The molecular weight excluding hydrogens is 210 g/mol. The maximum atomic E-state index is 10.8. The van der Waals surface area contributed by atoms with E-state index >= 15 is 0 Å². The third-order valence-electron chi connectivity index (χ3n) is 5.35. The lowest BCUT2D eigenvalue weighted by molar-refractivity contribution is -0.122. The molecule has 0 heterocycles. The van der Waals surface area contributed by atoms with Gasteiger partial charge in [0.15, 0.2) is 0 Å². The molecule has 0 aromatic heterocycles. The molecule has 1 saturated carbocycles. The van der Waals surface area contributed by atoms with Crippen LogP contribution in [0.25, 0.3) is 0 Å². The molecule has 0 bridgehead atoms. The number of rotatable bonds is 5. The molecule has 3 N–H and O–H groups in total. The fourth-order valence-corrected chi connectivity index (χ4v) is 3.46. The Morgan fingerprint density at radius 2 is 1.88 bits per heavy atom. The Balaban J connectivity index is 2.73. The van der Waals surface area contributed by atoms with Crippen molar-refractivity contribution in [1.82, 2.24) is 0 Å². The lowest BCUT2D eigenvalue weighted by atomic mass is 9.58. The van der Waals surface area contributed by atoms with Gasteiger partial charge in [0.1, 0.15) is 0 Å². The third kappa shape index (κ3) is 2.85. The zero-order valence-corrected chi connectivity index (χ0v) is 12.1. The molecule has 1 rings (SSSR count). The van der Waals surface area contributed by atoms with E-state index in [-0.39, 0.29) is 11.3 Å². The van der Waals surface area contributed by atoms with Crippen LogP contribution in [0.3, 0.4) is 0 Å². The molecule has 2 nitrogen and oxygen atoms in total. The molecule has 1 atom stereocenters. The van der Waals surface area contributed by atoms with Crippen LogP contribution in [0.15, 0.2) is 0 Å². The predicted octanol–water partition coefficient (Wildman–Crippen LogP) is 3.33. The van der Waals surface area contributed by atoms with Crippen molar-refractivity contribution in [3.63, 3.8) is 0 Å². The standard InChI is InChI=1S/C15H31NO/c1-5-6-13-7-9-15(11-16,10-8-13)14(4,17)12(2)3/h12-13,17H,5-11,16H2,1-4H3. The molecule has 2 heteroatoms. The Hall–Kier alpha value is -0.0800. The summed E-state index contributed by atoms with van der Waals surface area (Å²) in [6, 6.07) is 0. The van der Waals surface area contributed by atoms with Crippen LogP contribution in [0.1, 0.15) is 66.2 Å². The third-order valence-corrected chi connectivity index (χ3v) is 5.35. The minimum absolute atomic E-state index is 0.0502. The fraction of sp³-hybridized carbons (Fsp3) is 1.00. The van der Waals surface area contributed by atoms with Crippen molar-refractivity contribution in [1.29, 1.82) is 0 Å². The lowest BCUT2D eigenvalue weighted by Gasteiger charge is -2.51. The zero-order chi connectivity index (χ0) is 13.1. The molecule has 0 aliphatic heterocycles. The molecule has 1 aliphatic rings. The van der Waals surface area contributed by atoms with E-state index in [1.807, 2.05) is 6.92 Å². The van der Waals surface area contributed by atoms with E-state index in [2.05, 4.69) is 20.8 Å². The highest BCUT2D eigenvalue weighted by Gasteiger charge is 2.49. The highest BCUT2D eigenvalue weighted by Crippen LogP contribution is 2.49. The van der Waals surface area contributed by atoms with E-state index in [4.69, 9.17) is 5.73 Å². The average molecular weight is 241 g/mol. The van der Waals surface area contributed by atoms with Gasteiger partial charge in [-0.1, -0.05) is 33.6 Å². The normalized spacial score (nSPS) is 33.7. The van der Waals surface area contributed by atoms with Gasteiger partial charge < -0.3 is 10.8 Å². The number of aliphatic hydroxyl groups is 1. The SMILES string of the molecule is CCCC1CCC(CN)(C(C)(O)C(C)C)CC1. The smallest absolute Gasteiger partial charge is 0.0710 e. The van der Waals surface area contributed by atoms with E-state index in [0.717, 1.165) is 18.8 Å². The van der Waals surface area contributed by atoms with Crippen LogP contribution in [0.2, 0.25) is 0 Å². The molecule has 0 aromatic rings. The quantitative estimate of drug-likeness (QED) is 0.775. The minimum atomic E-state index is -0.626. The number of hydrogen-bond donors (Lipinski definition) is 2. The largest absolute Gasteiger partial charge is 0.389 e. The summed E-state index contributed by atoms with van der Waals surface area (Å²) in [6.45, 7) is 9.09. The monoisotopic (exact) mass is 241 g/mol. The van der Waals surface area contributed by atoms with Gasteiger partial charge in [-0.25, -0.2) is 0 Å². The Bertz CT molecular complexity index is 227. The number of hydrogen-bond acceptors (Lipinski definition) is 2.